The SMILES string of the molecule is CCCCCCCCO[Si](OCCCCCCCC)(OCCCCCCCC)C(C)(CSSSSSSCC(C)(c1nc2ccccc2s1)[Si](OCCCCCCCC)(OCCCCCCCC)OCCCCCCCC)c1nc2ccccc2s1. The molecule has 0 saturated heterocycles. The number of hydrogen-bond acceptors (Lipinski definition) is 16. The first kappa shape index (κ1) is 79.0. The topological polar surface area (TPSA) is 81.2 Å². The van der Waals surface area contributed by atoms with E-state index >= 15 is 0 Å². The fourth-order valence-corrected chi connectivity index (χ4v) is 34.2. The zero-order valence-corrected chi connectivity index (χ0v) is 63.9. The first-order chi connectivity index (χ1) is 42.2. The van der Waals surface area contributed by atoms with Crippen LogP contribution in [0.1, 0.15) is 297 Å². The fourth-order valence-electron chi connectivity index (χ4n) is 10.9. The molecule has 0 N–H and O–H groups in total. The van der Waals surface area contributed by atoms with Crippen molar-refractivity contribution in [1.29, 1.82) is 0 Å². The molecule has 2 heterocycles. The molecule has 8 nitrogen and oxygen atoms in total. The number of para-hydroxylation sites is 2. The molecule has 4 rings (SSSR count). The molecule has 0 amide bonds. The Labute approximate surface area is 559 Å². The van der Waals surface area contributed by atoms with E-state index < -0.39 is 27.7 Å². The number of unbranched alkanes of at least 4 members (excludes halogenated alkanes) is 30. The van der Waals surface area contributed by atoms with Gasteiger partial charge in [-0.3, -0.25) is 0 Å². The summed E-state index contributed by atoms with van der Waals surface area (Å²) in [6.45, 7) is 22.4. The van der Waals surface area contributed by atoms with Crippen LogP contribution >= 0.6 is 83.6 Å². The van der Waals surface area contributed by atoms with Crippen molar-refractivity contribution in [3.8, 4) is 0 Å². The van der Waals surface area contributed by atoms with Crippen molar-refractivity contribution < 1.29 is 26.6 Å². The molecule has 0 radical (unpaired) electrons. The summed E-state index contributed by atoms with van der Waals surface area (Å²) in [5.74, 6) is 1.54. The van der Waals surface area contributed by atoms with Crippen molar-refractivity contribution in [3.05, 3.63) is 58.5 Å². The van der Waals surface area contributed by atoms with Crippen molar-refractivity contribution in [2.75, 3.05) is 51.1 Å². The Bertz CT molecular complexity index is 1920. The highest BCUT2D eigenvalue weighted by Gasteiger charge is 2.63. The van der Waals surface area contributed by atoms with Crippen LogP contribution < -0.4 is 0 Å². The first-order valence-corrected chi connectivity index (χ1v) is 47.6. The molecular formula is C68H120N2O6S8Si2. The van der Waals surface area contributed by atoms with Crippen LogP contribution in [0.5, 0.6) is 0 Å². The van der Waals surface area contributed by atoms with Gasteiger partial charge in [-0.1, -0.05) is 280 Å². The summed E-state index contributed by atoms with van der Waals surface area (Å²) in [6.07, 6.45) is 43.5. The maximum absolute atomic E-state index is 7.41. The lowest BCUT2D eigenvalue weighted by Gasteiger charge is -2.42. The summed E-state index contributed by atoms with van der Waals surface area (Å²) in [5.41, 5.74) is 2.08. The molecule has 0 aliphatic rings. The van der Waals surface area contributed by atoms with Crippen molar-refractivity contribution in [2.45, 2.75) is 297 Å². The van der Waals surface area contributed by atoms with E-state index in [1.807, 2.05) is 60.9 Å². The molecule has 0 spiro atoms. The van der Waals surface area contributed by atoms with Crippen LogP contribution in [-0.2, 0) is 36.6 Å². The molecular weight excluding hydrogens is 1250 g/mol. The normalized spacial score (nSPS) is 13.8. The van der Waals surface area contributed by atoms with Crippen molar-refractivity contribution in [3.63, 3.8) is 0 Å². The standard InChI is InChI=1S/C68H120N2O6S8Si2/c1-9-15-21-27-33-43-53-71-85(72-54-44-34-28-22-16-10-2,73-55-45-35-29-23-17-11-3)67(7,65-69-61-49-39-41-51-63(61)79-65)59-77-81-83-84-82-78-60-68(8,66-70-62-50-40-42-52-64(62)80-66)86(74-56-46-36-30-24-18-12-4,75-57-47-37-31-25-19-13-5)76-58-48-38-32-26-20-14-6/h39-42,49-52H,9-38,43-48,53-60H2,1-8H3. The number of fused-ring (bicyclic) bond motifs is 2. The molecule has 0 saturated carbocycles. The maximum atomic E-state index is 7.41. The minimum Gasteiger partial charge on any atom is -0.373 e. The monoisotopic (exact) mass is 1370 g/mol. The van der Waals surface area contributed by atoms with E-state index in [1.54, 1.807) is 22.7 Å². The summed E-state index contributed by atoms with van der Waals surface area (Å²) >= 11 is 3.61. The lowest BCUT2D eigenvalue weighted by molar-refractivity contribution is 0.0349. The summed E-state index contributed by atoms with van der Waals surface area (Å²) in [5, 5.41) is 1.02. The number of hydrogen-bond donors (Lipinski definition) is 0. The van der Waals surface area contributed by atoms with Gasteiger partial charge in [-0.05, 0) is 116 Å². The smallest absolute Gasteiger partial charge is 0.373 e. The van der Waals surface area contributed by atoms with E-state index in [2.05, 4.69) is 104 Å². The highest BCUT2D eigenvalue weighted by atomic mass is 33.9. The van der Waals surface area contributed by atoms with E-state index in [0.717, 1.165) is 71.1 Å². The van der Waals surface area contributed by atoms with Gasteiger partial charge in [-0.15, -0.1) is 22.7 Å². The number of benzene rings is 2. The first-order valence-electron chi connectivity index (χ1n) is 34.7. The van der Waals surface area contributed by atoms with Crippen LogP contribution in [-0.4, -0.2) is 78.7 Å². The molecule has 86 heavy (non-hydrogen) atoms. The van der Waals surface area contributed by atoms with Crippen LogP contribution in [0.4, 0.5) is 0 Å². The van der Waals surface area contributed by atoms with Crippen LogP contribution in [0, 0.1) is 0 Å². The van der Waals surface area contributed by atoms with E-state index in [9.17, 15) is 0 Å². The van der Waals surface area contributed by atoms with Crippen molar-refractivity contribution >= 4 is 122 Å². The van der Waals surface area contributed by atoms with Gasteiger partial charge >= 0.3 is 17.6 Å². The molecule has 494 valence electrons. The minimum atomic E-state index is -3.45. The fraction of sp³-hybridized carbons (Fsp3) is 0.794. The molecule has 2 aromatic carbocycles. The average molecular weight is 1370 g/mol. The third-order valence-electron chi connectivity index (χ3n) is 16.5. The molecule has 0 fully saturated rings. The largest absolute Gasteiger partial charge is 0.515 e. The Morgan fingerprint density at radius 3 is 0.802 bits per heavy atom. The van der Waals surface area contributed by atoms with Gasteiger partial charge in [-0.25, -0.2) is 9.97 Å². The molecule has 2 unspecified atom stereocenters. The van der Waals surface area contributed by atoms with E-state index in [0.29, 0.717) is 39.6 Å². The molecule has 18 heteroatoms. The van der Waals surface area contributed by atoms with Gasteiger partial charge < -0.3 is 26.6 Å². The lowest BCUT2D eigenvalue weighted by Crippen LogP contribution is -2.63. The van der Waals surface area contributed by atoms with E-state index in [-0.39, 0.29) is 0 Å². The Morgan fingerprint density at radius 1 is 0.326 bits per heavy atom. The zero-order chi connectivity index (χ0) is 61.5. The summed E-state index contributed by atoms with van der Waals surface area (Å²) < 4.78 is 46.8. The highest BCUT2D eigenvalue weighted by Crippen LogP contribution is 2.56. The second kappa shape index (κ2) is 50.0. The molecule has 0 aliphatic carbocycles. The van der Waals surface area contributed by atoms with E-state index in [1.165, 1.54) is 202 Å². The highest BCUT2D eigenvalue weighted by molar-refractivity contribution is 9.41. The van der Waals surface area contributed by atoms with Crippen LogP contribution in [0.25, 0.3) is 20.4 Å². The third kappa shape index (κ3) is 29.4. The summed E-state index contributed by atoms with van der Waals surface area (Å²) in [4.78, 5) is 10.9. The number of rotatable bonds is 61. The van der Waals surface area contributed by atoms with Crippen molar-refractivity contribution in [2.24, 2.45) is 0 Å². The lowest BCUT2D eigenvalue weighted by atomic mass is 10.1. The van der Waals surface area contributed by atoms with Gasteiger partial charge in [0.15, 0.2) is 0 Å². The second-order valence-corrected chi connectivity index (χ2v) is 42.0. The Hall–Kier alpha value is 0.514. The van der Waals surface area contributed by atoms with Gasteiger partial charge in [0.2, 0.25) is 0 Å². The number of aromatic nitrogens is 2. The average Bonchev–Trinajstić information content (AvgIpc) is 1.49. The van der Waals surface area contributed by atoms with Gasteiger partial charge in [-0.2, -0.15) is 0 Å². The minimum absolute atomic E-state index is 0.568. The van der Waals surface area contributed by atoms with Gasteiger partial charge in [0.25, 0.3) is 0 Å². The Balaban J connectivity index is 1.62. The maximum Gasteiger partial charge on any atom is 0.515 e. The predicted molar refractivity (Wildman–Crippen MR) is 397 cm³/mol. The zero-order valence-electron chi connectivity index (χ0n) is 55.3. The third-order valence-corrected chi connectivity index (χ3v) is 38.3. The molecule has 0 bridgehead atoms. The summed E-state index contributed by atoms with van der Waals surface area (Å²) in [6, 6.07) is 17.3. The quantitative estimate of drug-likeness (QED) is 0.0239. The molecule has 0 aliphatic heterocycles. The van der Waals surface area contributed by atoms with Gasteiger partial charge in [0, 0.05) is 51.1 Å². The van der Waals surface area contributed by atoms with E-state index in [4.69, 9.17) is 36.5 Å². The van der Waals surface area contributed by atoms with Gasteiger partial charge in [0.1, 0.15) is 10.0 Å². The number of nitrogens with zero attached hydrogens (tertiary/aromatic N) is 2. The van der Waals surface area contributed by atoms with Crippen molar-refractivity contribution in [1.82, 2.24) is 9.97 Å². The molecule has 2 atom stereocenters. The Kier molecular flexibility index (Phi) is 45.9. The Morgan fingerprint density at radius 2 is 0.558 bits per heavy atom. The number of thiazole rings is 2. The predicted octanol–water partition coefficient (Wildman–Crippen LogP) is 25.3. The second-order valence-electron chi connectivity index (χ2n) is 24.2. The van der Waals surface area contributed by atoms with Crippen LogP contribution in [0.2, 0.25) is 0 Å². The molecule has 4 aromatic rings. The van der Waals surface area contributed by atoms with Crippen LogP contribution in [0.15, 0.2) is 48.5 Å². The summed E-state index contributed by atoms with van der Waals surface area (Å²) in [7, 11) is 4.32. The van der Waals surface area contributed by atoms with Gasteiger partial charge in [0.05, 0.1) is 30.5 Å². The molecule has 2 aromatic heterocycles. The van der Waals surface area contributed by atoms with Crippen LogP contribution in [0.3, 0.4) is 0 Å².